The fraction of sp³-hybridized carbons (Fsp3) is 0.292. The van der Waals surface area contributed by atoms with Crippen LogP contribution in [0, 0.1) is 5.82 Å². The Bertz CT molecular complexity index is 1210. The normalized spacial score (nSPS) is 21.9. The maximum atomic E-state index is 13.8. The fourth-order valence-corrected chi connectivity index (χ4v) is 4.18. The average molecular weight is 435 g/mol. The number of amides is 1. The number of rotatable bonds is 4. The maximum Gasteiger partial charge on any atom is 0.331 e. The number of aromatic nitrogens is 1. The molecule has 0 atom stereocenters. The van der Waals surface area contributed by atoms with Gasteiger partial charge in [0.05, 0.1) is 12.7 Å². The second-order valence-corrected chi connectivity index (χ2v) is 8.68. The minimum atomic E-state index is -0.723. The van der Waals surface area contributed by atoms with Gasteiger partial charge >= 0.3 is 5.97 Å². The van der Waals surface area contributed by atoms with Crippen LogP contribution in [0.25, 0.3) is 11.1 Å². The Morgan fingerprint density at radius 1 is 1.25 bits per heavy atom. The lowest BCUT2D eigenvalue weighted by Crippen LogP contribution is -2.33. The third kappa shape index (κ3) is 3.23. The summed E-state index contributed by atoms with van der Waals surface area (Å²) in [5, 5.41) is 5.91. The Morgan fingerprint density at radius 2 is 2.03 bits per heavy atom. The molecule has 3 aliphatic rings. The number of hydrogen-bond acceptors (Lipinski definition) is 6. The third-order valence-electron chi connectivity index (χ3n) is 6.03. The van der Waals surface area contributed by atoms with Gasteiger partial charge in [0.15, 0.2) is 0 Å². The minimum Gasteiger partial charge on any atom is -0.482 e. The van der Waals surface area contributed by atoms with Gasteiger partial charge in [-0.05, 0) is 63.1 Å². The van der Waals surface area contributed by atoms with Crippen molar-refractivity contribution in [2.24, 2.45) is 0 Å². The van der Waals surface area contributed by atoms with Gasteiger partial charge in [-0.15, -0.1) is 0 Å². The van der Waals surface area contributed by atoms with Gasteiger partial charge in [-0.1, -0.05) is 0 Å². The maximum absolute atomic E-state index is 13.8. The van der Waals surface area contributed by atoms with Crippen molar-refractivity contribution in [3.63, 3.8) is 0 Å². The van der Waals surface area contributed by atoms with E-state index in [1.54, 1.807) is 18.3 Å². The van der Waals surface area contributed by atoms with Crippen LogP contribution < -0.4 is 10.6 Å². The molecule has 0 unspecified atom stereocenters. The van der Waals surface area contributed by atoms with Crippen LogP contribution in [0.1, 0.15) is 37.8 Å². The van der Waals surface area contributed by atoms with Crippen molar-refractivity contribution in [1.82, 2.24) is 4.98 Å². The van der Waals surface area contributed by atoms with Gasteiger partial charge in [0.25, 0.3) is 5.91 Å². The van der Waals surface area contributed by atoms with E-state index < -0.39 is 17.0 Å². The number of benzene rings is 1. The Labute approximate surface area is 184 Å². The van der Waals surface area contributed by atoms with Crippen LogP contribution in [-0.4, -0.2) is 35.1 Å². The van der Waals surface area contributed by atoms with Crippen molar-refractivity contribution in [1.29, 1.82) is 0 Å². The number of halogens is 1. The molecule has 8 heteroatoms. The summed E-state index contributed by atoms with van der Waals surface area (Å²) < 4.78 is 24.8. The lowest BCUT2D eigenvalue weighted by atomic mass is 9.93. The number of esters is 1. The summed E-state index contributed by atoms with van der Waals surface area (Å²) in [6.07, 6.45) is 4.91. The van der Waals surface area contributed by atoms with Crippen molar-refractivity contribution in [2.45, 2.75) is 37.8 Å². The SMILES string of the molecule is COC(=O)C1(Nc2ccc(C3=C/C(=C4\C(=O)Nc5ccc(F)cc54)OC3(C)C)cn2)CC1. The molecule has 0 saturated heterocycles. The van der Waals surface area contributed by atoms with Gasteiger partial charge in [-0.2, -0.15) is 0 Å². The van der Waals surface area contributed by atoms with Gasteiger partial charge < -0.3 is 20.1 Å². The third-order valence-corrected chi connectivity index (χ3v) is 6.03. The molecule has 7 nitrogen and oxygen atoms in total. The topological polar surface area (TPSA) is 89.5 Å². The van der Waals surface area contributed by atoms with Gasteiger partial charge in [0.2, 0.25) is 0 Å². The van der Waals surface area contributed by atoms with Crippen molar-refractivity contribution < 1.29 is 23.5 Å². The van der Waals surface area contributed by atoms with E-state index in [0.717, 1.165) is 11.1 Å². The first-order valence-corrected chi connectivity index (χ1v) is 10.3. The van der Waals surface area contributed by atoms with Gasteiger partial charge in [0.1, 0.15) is 28.5 Å². The lowest BCUT2D eigenvalue weighted by molar-refractivity contribution is -0.142. The number of nitrogens with one attached hydrogen (secondary N) is 2. The van der Waals surface area contributed by atoms with E-state index in [0.29, 0.717) is 41.2 Å². The summed E-state index contributed by atoms with van der Waals surface area (Å²) in [5.41, 5.74) is 1.59. The first-order valence-electron chi connectivity index (χ1n) is 10.3. The van der Waals surface area contributed by atoms with Crippen molar-refractivity contribution in [3.05, 3.63) is 65.3 Å². The number of carbonyl (C=O) groups is 2. The highest BCUT2D eigenvalue weighted by Gasteiger charge is 2.51. The number of anilines is 2. The molecule has 1 fully saturated rings. The molecule has 1 amide bonds. The Hall–Kier alpha value is -3.68. The van der Waals surface area contributed by atoms with E-state index in [-0.39, 0.29) is 11.9 Å². The molecule has 1 aromatic heterocycles. The highest BCUT2D eigenvalue weighted by molar-refractivity contribution is 6.32. The van der Waals surface area contributed by atoms with E-state index in [1.807, 2.05) is 19.9 Å². The van der Waals surface area contributed by atoms with Crippen LogP contribution in [0.15, 0.2) is 48.4 Å². The van der Waals surface area contributed by atoms with Crippen LogP contribution in [-0.2, 0) is 19.1 Å². The zero-order valence-corrected chi connectivity index (χ0v) is 17.9. The molecule has 3 heterocycles. The predicted octanol–water partition coefficient (Wildman–Crippen LogP) is 3.89. The fourth-order valence-electron chi connectivity index (χ4n) is 4.18. The Balaban J connectivity index is 1.47. The molecule has 32 heavy (non-hydrogen) atoms. The minimum absolute atomic E-state index is 0.292. The molecular formula is C24H22FN3O4. The second-order valence-electron chi connectivity index (χ2n) is 8.68. The standard InChI is InChI=1S/C24H22FN3O4/c1-23(2)16(13-4-7-19(26-12-13)28-24(8-9-24)22(30)31-3)11-18(32-23)20-15-10-14(25)5-6-17(15)27-21(20)29/h4-7,10-12H,8-9H2,1-3H3,(H,26,28)(H,27,29)/b20-18+. The van der Waals surface area contributed by atoms with Crippen LogP contribution in [0.3, 0.4) is 0 Å². The molecule has 2 N–H and O–H groups in total. The van der Waals surface area contributed by atoms with Crippen molar-refractivity contribution >= 4 is 34.5 Å². The average Bonchev–Trinajstić information content (AvgIpc) is 3.37. The molecule has 0 bridgehead atoms. The molecule has 0 spiro atoms. The van der Waals surface area contributed by atoms with Gasteiger partial charge in [-0.3, -0.25) is 4.79 Å². The van der Waals surface area contributed by atoms with E-state index in [9.17, 15) is 14.0 Å². The van der Waals surface area contributed by atoms with Crippen molar-refractivity contribution in [2.75, 3.05) is 17.7 Å². The predicted molar refractivity (Wildman–Crippen MR) is 117 cm³/mol. The number of nitrogens with zero attached hydrogens (tertiary/aromatic N) is 1. The number of fused-ring (bicyclic) bond motifs is 1. The molecule has 1 saturated carbocycles. The highest BCUT2D eigenvalue weighted by atomic mass is 19.1. The Morgan fingerprint density at radius 3 is 2.69 bits per heavy atom. The summed E-state index contributed by atoms with van der Waals surface area (Å²) in [6, 6.07) is 7.86. The summed E-state index contributed by atoms with van der Waals surface area (Å²) in [6.45, 7) is 3.79. The van der Waals surface area contributed by atoms with E-state index in [4.69, 9.17) is 9.47 Å². The van der Waals surface area contributed by atoms with Crippen LogP contribution in [0.2, 0.25) is 0 Å². The zero-order chi connectivity index (χ0) is 22.7. The van der Waals surface area contributed by atoms with E-state index in [1.165, 1.54) is 25.3 Å². The molecule has 1 aromatic carbocycles. The lowest BCUT2D eigenvalue weighted by Gasteiger charge is -2.23. The number of pyridine rings is 1. The number of methoxy groups -OCH3 is 1. The van der Waals surface area contributed by atoms with E-state index in [2.05, 4.69) is 15.6 Å². The summed E-state index contributed by atoms with van der Waals surface area (Å²) in [4.78, 5) is 29.0. The quantitative estimate of drug-likeness (QED) is 0.559. The smallest absolute Gasteiger partial charge is 0.331 e. The van der Waals surface area contributed by atoms with Crippen LogP contribution in [0.4, 0.5) is 15.9 Å². The molecule has 5 rings (SSSR count). The second kappa shape index (κ2) is 6.91. The molecule has 2 aromatic rings. The summed E-state index contributed by atoms with van der Waals surface area (Å²) >= 11 is 0. The van der Waals surface area contributed by atoms with Gasteiger partial charge in [0, 0.05) is 28.6 Å². The molecule has 0 radical (unpaired) electrons. The molecule has 2 aliphatic heterocycles. The van der Waals surface area contributed by atoms with Crippen LogP contribution in [0.5, 0.6) is 0 Å². The summed E-state index contributed by atoms with van der Waals surface area (Å²) in [7, 11) is 1.37. The van der Waals surface area contributed by atoms with E-state index >= 15 is 0 Å². The zero-order valence-electron chi connectivity index (χ0n) is 17.9. The molecule has 164 valence electrons. The molecule has 1 aliphatic carbocycles. The first-order chi connectivity index (χ1) is 15.2. The highest BCUT2D eigenvalue weighted by Crippen LogP contribution is 2.45. The molecular weight excluding hydrogens is 413 g/mol. The number of allylic oxidation sites excluding steroid dienone is 1. The first kappa shape index (κ1) is 20.2. The van der Waals surface area contributed by atoms with Crippen molar-refractivity contribution in [3.8, 4) is 0 Å². The number of hydrogen-bond donors (Lipinski definition) is 2. The number of ether oxygens (including phenoxy) is 2. The monoisotopic (exact) mass is 435 g/mol. The van der Waals surface area contributed by atoms with Gasteiger partial charge in [-0.25, -0.2) is 14.2 Å². The summed E-state index contributed by atoms with van der Waals surface area (Å²) in [5.74, 6) is -0.0837. The Kier molecular flexibility index (Phi) is 4.37. The van der Waals surface area contributed by atoms with Crippen LogP contribution >= 0.6 is 0 Å². The largest absolute Gasteiger partial charge is 0.482 e. The number of carbonyl (C=O) groups excluding carboxylic acids is 2.